The predicted molar refractivity (Wildman–Crippen MR) is 154 cm³/mol. The van der Waals surface area contributed by atoms with Crippen molar-refractivity contribution in [3.8, 4) is 11.3 Å². The molecule has 3 aromatic carbocycles. The summed E-state index contributed by atoms with van der Waals surface area (Å²) in [6, 6.07) is 22.4. The number of pyridine rings is 1. The fourth-order valence-electron chi connectivity index (χ4n) is 6.86. The predicted octanol–water partition coefficient (Wildman–Crippen LogP) is 6.13. The van der Waals surface area contributed by atoms with Crippen LogP contribution in [0.4, 0.5) is 5.69 Å². The summed E-state index contributed by atoms with van der Waals surface area (Å²) in [6.07, 6.45) is 3.06. The molecule has 2 saturated carbocycles. The van der Waals surface area contributed by atoms with Crippen molar-refractivity contribution < 1.29 is 23.9 Å². The number of hydrogen-bond acceptors (Lipinski definition) is 6. The zero-order chi connectivity index (χ0) is 28.2. The van der Waals surface area contributed by atoms with Crippen LogP contribution in [0.3, 0.4) is 0 Å². The first-order valence-corrected chi connectivity index (χ1v) is 14.1. The van der Waals surface area contributed by atoms with E-state index in [1.807, 2.05) is 6.07 Å². The first-order chi connectivity index (χ1) is 19.9. The molecular weight excluding hydrogens is 540 g/mol. The van der Waals surface area contributed by atoms with Gasteiger partial charge in [0.25, 0.3) is 0 Å². The number of carbonyl (C=O) groups excluding carboxylic acids is 4. The van der Waals surface area contributed by atoms with Crippen molar-refractivity contribution in [1.82, 2.24) is 4.98 Å². The second-order valence-corrected chi connectivity index (χ2v) is 11.5. The lowest BCUT2D eigenvalue weighted by molar-refractivity contribution is -0.123. The molecule has 1 aliphatic heterocycles. The summed E-state index contributed by atoms with van der Waals surface area (Å²) in [4.78, 5) is 58.3. The van der Waals surface area contributed by atoms with Gasteiger partial charge in [-0.15, -0.1) is 0 Å². The molecule has 2 aliphatic carbocycles. The summed E-state index contributed by atoms with van der Waals surface area (Å²) in [5.74, 6) is -0.847. The fraction of sp³-hybridized carbons (Fsp3) is 0.242. The van der Waals surface area contributed by atoms with Crippen molar-refractivity contribution in [1.29, 1.82) is 0 Å². The Morgan fingerprint density at radius 1 is 0.878 bits per heavy atom. The first-order valence-electron chi connectivity index (χ1n) is 13.7. The maximum Gasteiger partial charge on any atom is 0.339 e. The highest BCUT2D eigenvalue weighted by Crippen LogP contribution is 2.56. The number of aromatic nitrogens is 1. The molecule has 0 N–H and O–H groups in total. The van der Waals surface area contributed by atoms with Gasteiger partial charge in [-0.3, -0.25) is 19.3 Å². The van der Waals surface area contributed by atoms with Crippen LogP contribution < -0.4 is 4.90 Å². The molecule has 2 bridgehead atoms. The average molecular weight is 565 g/mol. The summed E-state index contributed by atoms with van der Waals surface area (Å²) in [7, 11) is 0. The van der Waals surface area contributed by atoms with Crippen molar-refractivity contribution in [3.63, 3.8) is 0 Å². The van der Waals surface area contributed by atoms with Gasteiger partial charge >= 0.3 is 5.97 Å². The number of carbonyl (C=O) groups is 4. The van der Waals surface area contributed by atoms with Gasteiger partial charge in [-0.1, -0.05) is 41.9 Å². The molecule has 0 unspecified atom stereocenters. The van der Waals surface area contributed by atoms with E-state index in [2.05, 4.69) is 0 Å². The van der Waals surface area contributed by atoms with Crippen LogP contribution in [0.25, 0.3) is 22.2 Å². The number of esters is 1. The molecule has 0 spiro atoms. The van der Waals surface area contributed by atoms with E-state index < -0.39 is 12.6 Å². The van der Waals surface area contributed by atoms with Crippen LogP contribution in [0.1, 0.15) is 40.0 Å². The van der Waals surface area contributed by atoms with Gasteiger partial charge in [-0.2, -0.15) is 0 Å². The summed E-state index contributed by atoms with van der Waals surface area (Å²) >= 11 is 5.90. The summed E-state index contributed by atoms with van der Waals surface area (Å²) in [6.45, 7) is -0.414. The minimum Gasteiger partial charge on any atom is -0.454 e. The van der Waals surface area contributed by atoms with E-state index in [1.54, 1.807) is 72.8 Å². The van der Waals surface area contributed by atoms with Crippen LogP contribution in [-0.2, 0) is 14.3 Å². The lowest BCUT2D eigenvalue weighted by atomic mass is 9.81. The zero-order valence-corrected chi connectivity index (χ0v) is 22.7. The molecule has 0 radical (unpaired) electrons. The molecule has 1 saturated heterocycles. The third-order valence-electron chi connectivity index (χ3n) is 8.79. The van der Waals surface area contributed by atoms with E-state index in [9.17, 15) is 19.2 Å². The summed E-state index contributed by atoms with van der Waals surface area (Å²) in [5, 5.41) is 1.11. The second-order valence-electron chi connectivity index (χ2n) is 11.0. The number of para-hydroxylation sites is 1. The smallest absolute Gasteiger partial charge is 0.339 e. The number of anilines is 1. The van der Waals surface area contributed by atoms with Crippen LogP contribution >= 0.6 is 11.6 Å². The Kier molecular flexibility index (Phi) is 6.20. The van der Waals surface area contributed by atoms with E-state index in [4.69, 9.17) is 21.3 Å². The van der Waals surface area contributed by atoms with Crippen LogP contribution in [0.2, 0.25) is 5.02 Å². The van der Waals surface area contributed by atoms with E-state index in [0.717, 1.165) is 19.3 Å². The third-order valence-corrected chi connectivity index (χ3v) is 9.04. The molecule has 2 heterocycles. The SMILES string of the molecule is O=C(COC(=O)c1cc(-c2ccc(N3C(=O)[C@@H]4[C@@H]5CC[C@@H](C5)[C@@H]4C3=O)cc2)nc2ccccc12)c1ccc(Cl)cc1. The number of imide groups is 1. The molecule has 41 heavy (non-hydrogen) atoms. The number of Topliss-reactive ketones (excluding diaryl/α,β-unsaturated/α-hetero) is 1. The molecule has 4 aromatic rings. The highest BCUT2D eigenvalue weighted by atomic mass is 35.5. The van der Waals surface area contributed by atoms with E-state index in [1.165, 1.54) is 4.90 Å². The molecule has 204 valence electrons. The van der Waals surface area contributed by atoms with Gasteiger partial charge in [-0.05, 0) is 79.6 Å². The van der Waals surface area contributed by atoms with Crippen molar-refractivity contribution >= 4 is 51.8 Å². The van der Waals surface area contributed by atoms with Gasteiger partial charge in [0.1, 0.15) is 0 Å². The van der Waals surface area contributed by atoms with Gasteiger partial charge in [0.05, 0.1) is 34.3 Å². The van der Waals surface area contributed by atoms with Crippen molar-refractivity contribution in [3.05, 3.63) is 95.0 Å². The first kappa shape index (κ1) is 25.6. The monoisotopic (exact) mass is 564 g/mol. The van der Waals surface area contributed by atoms with Gasteiger partial charge < -0.3 is 4.74 Å². The topological polar surface area (TPSA) is 93.6 Å². The minimum absolute atomic E-state index is 0.0815. The third kappa shape index (κ3) is 4.32. The average Bonchev–Trinajstić information content (AvgIpc) is 3.69. The molecule has 2 amide bonds. The molecular formula is C33H25ClN2O5. The number of halogens is 1. The Labute approximate surface area is 241 Å². The molecule has 7 rings (SSSR count). The van der Waals surface area contributed by atoms with E-state index >= 15 is 0 Å². The molecule has 3 fully saturated rings. The molecule has 1 aromatic heterocycles. The molecule has 7 nitrogen and oxygen atoms in total. The van der Waals surface area contributed by atoms with E-state index in [0.29, 0.717) is 50.3 Å². The number of ether oxygens (including phenoxy) is 1. The number of ketones is 1. The Bertz CT molecular complexity index is 1710. The largest absolute Gasteiger partial charge is 0.454 e. The van der Waals surface area contributed by atoms with Crippen LogP contribution in [-0.4, -0.2) is 35.2 Å². The zero-order valence-electron chi connectivity index (χ0n) is 22.0. The van der Waals surface area contributed by atoms with Gasteiger partial charge in [0.15, 0.2) is 12.4 Å². The van der Waals surface area contributed by atoms with Gasteiger partial charge in [-0.25, -0.2) is 9.78 Å². The summed E-state index contributed by atoms with van der Waals surface area (Å²) < 4.78 is 5.41. The van der Waals surface area contributed by atoms with Crippen molar-refractivity contribution in [2.75, 3.05) is 11.5 Å². The number of benzene rings is 3. The van der Waals surface area contributed by atoms with Crippen molar-refractivity contribution in [2.45, 2.75) is 19.3 Å². The van der Waals surface area contributed by atoms with Crippen LogP contribution in [0, 0.1) is 23.7 Å². The number of hydrogen-bond donors (Lipinski definition) is 0. The maximum absolute atomic E-state index is 13.2. The van der Waals surface area contributed by atoms with Crippen LogP contribution in [0.15, 0.2) is 78.9 Å². The highest BCUT2D eigenvalue weighted by Gasteiger charge is 2.61. The molecule has 8 heteroatoms. The minimum atomic E-state index is -0.641. The van der Waals surface area contributed by atoms with E-state index in [-0.39, 0.29) is 35.0 Å². The number of amides is 2. The van der Waals surface area contributed by atoms with Gasteiger partial charge in [0.2, 0.25) is 11.8 Å². The summed E-state index contributed by atoms with van der Waals surface area (Å²) in [5.41, 5.74) is 3.07. The quantitative estimate of drug-likeness (QED) is 0.159. The fourth-order valence-corrected chi connectivity index (χ4v) is 6.99. The lowest BCUT2D eigenvalue weighted by Gasteiger charge is -2.19. The Balaban J connectivity index is 1.14. The highest BCUT2D eigenvalue weighted by molar-refractivity contribution is 6.30. The Morgan fingerprint density at radius 3 is 2.22 bits per heavy atom. The Morgan fingerprint density at radius 2 is 1.54 bits per heavy atom. The molecule has 4 atom stereocenters. The standard InChI is InChI=1S/C33H25ClN2O5/c34-22-11-7-19(8-12-22)28(37)17-41-33(40)25-16-27(35-26-4-2-1-3-24(25)26)18-9-13-23(14-10-18)36-31(38)29-20-5-6-21(15-20)30(29)32(36)39/h1-4,7-14,16,20-21,29-30H,5-6,15,17H2/t20-,21+,29-,30+. The van der Waals surface area contributed by atoms with Gasteiger partial charge in [0, 0.05) is 21.5 Å². The Hall–Kier alpha value is -4.36. The lowest BCUT2D eigenvalue weighted by Crippen LogP contribution is -2.32. The number of rotatable bonds is 6. The van der Waals surface area contributed by atoms with Crippen LogP contribution in [0.5, 0.6) is 0 Å². The van der Waals surface area contributed by atoms with Crippen molar-refractivity contribution in [2.24, 2.45) is 23.7 Å². The normalized spacial score (nSPS) is 22.8. The maximum atomic E-state index is 13.2. The number of nitrogens with zero attached hydrogens (tertiary/aromatic N) is 2. The molecule has 3 aliphatic rings. The number of fused-ring (bicyclic) bond motifs is 6. The second kappa shape index (κ2) is 9.93.